The molecule has 0 atom stereocenters. The standard InChI is InChI=1S/C50H30O/c1-2-13-31(14-3-1)33-21-10-22-35-36-23-11-24-39(38(36)30-29-37(33)35)47-40-17-6-8-19-42(40)48(43-20-9-7-18-41(43)47)44-25-12-26-46-49(44)45-28-27-32-15-4-5-16-34(32)50(45)51-46/h1-30H/i6D,7D,8D,9D,17D,18D,19D,20D. The Morgan fingerprint density at radius 2 is 0.882 bits per heavy atom. The maximum absolute atomic E-state index is 9.59. The summed E-state index contributed by atoms with van der Waals surface area (Å²) in [6.07, 6.45) is 0. The van der Waals surface area contributed by atoms with Crippen molar-refractivity contribution in [3.8, 4) is 33.4 Å². The average Bonchev–Trinajstić information content (AvgIpc) is 3.67. The van der Waals surface area contributed by atoms with Crippen LogP contribution in [0, 0.1) is 0 Å². The van der Waals surface area contributed by atoms with Crippen LogP contribution in [0.2, 0.25) is 0 Å². The second-order valence-corrected chi connectivity index (χ2v) is 12.9. The van der Waals surface area contributed by atoms with Gasteiger partial charge in [0.2, 0.25) is 0 Å². The first-order valence-corrected chi connectivity index (χ1v) is 16.9. The van der Waals surface area contributed by atoms with Gasteiger partial charge in [-0.1, -0.05) is 170 Å². The van der Waals surface area contributed by atoms with E-state index in [4.69, 9.17) is 9.90 Å². The molecule has 0 saturated heterocycles. The third-order valence-corrected chi connectivity index (χ3v) is 10.3. The number of hydrogen-bond acceptors (Lipinski definition) is 1. The van der Waals surface area contributed by atoms with Gasteiger partial charge in [-0.05, 0) is 94.0 Å². The molecule has 0 aliphatic rings. The van der Waals surface area contributed by atoms with Gasteiger partial charge in [0.05, 0.1) is 11.0 Å². The molecule has 0 bridgehead atoms. The molecule has 0 fully saturated rings. The van der Waals surface area contributed by atoms with Gasteiger partial charge in [0.1, 0.15) is 11.2 Å². The van der Waals surface area contributed by atoms with Crippen LogP contribution in [-0.4, -0.2) is 0 Å². The number of furan rings is 1. The number of rotatable bonds is 3. The minimum atomic E-state index is -0.442. The molecule has 1 nitrogen and oxygen atoms in total. The van der Waals surface area contributed by atoms with E-state index in [2.05, 4.69) is 30.3 Å². The Morgan fingerprint density at radius 1 is 0.353 bits per heavy atom. The van der Waals surface area contributed by atoms with E-state index in [-0.39, 0.29) is 51.3 Å². The molecule has 236 valence electrons. The van der Waals surface area contributed by atoms with Crippen LogP contribution in [-0.2, 0) is 0 Å². The van der Waals surface area contributed by atoms with Crippen LogP contribution < -0.4 is 0 Å². The van der Waals surface area contributed by atoms with Crippen LogP contribution in [0.25, 0.3) is 109 Å². The second-order valence-electron chi connectivity index (χ2n) is 12.9. The van der Waals surface area contributed by atoms with Crippen molar-refractivity contribution in [2.45, 2.75) is 0 Å². The molecule has 0 unspecified atom stereocenters. The normalized spacial score (nSPS) is 14.1. The fourth-order valence-electron chi connectivity index (χ4n) is 8.14. The van der Waals surface area contributed by atoms with Crippen molar-refractivity contribution in [2.24, 2.45) is 0 Å². The monoisotopic (exact) mass is 654 g/mol. The topological polar surface area (TPSA) is 13.1 Å². The molecule has 1 heteroatoms. The molecule has 0 aliphatic heterocycles. The summed E-state index contributed by atoms with van der Waals surface area (Å²) in [6.45, 7) is 0. The lowest BCUT2D eigenvalue weighted by molar-refractivity contribution is 0.673. The van der Waals surface area contributed by atoms with E-state index in [0.717, 1.165) is 48.8 Å². The smallest absolute Gasteiger partial charge is 0.143 e. The van der Waals surface area contributed by atoms with E-state index < -0.39 is 24.2 Å². The Kier molecular flexibility index (Phi) is 4.57. The van der Waals surface area contributed by atoms with Gasteiger partial charge in [-0.15, -0.1) is 0 Å². The fourth-order valence-corrected chi connectivity index (χ4v) is 8.14. The van der Waals surface area contributed by atoms with E-state index in [1.165, 1.54) is 0 Å². The summed E-state index contributed by atoms with van der Waals surface area (Å²) >= 11 is 0. The summed E-state index contributed by atoms with van der Waals surface area (Å²) in [5.74, 6) is 0. The van der Waals surface area contributed by atoms with Crippen LogP contribution in [0.1, 0.15) is 11.0 Å². The first kappa shape index (κ1) is 21.4. The van der Waals surface area contributed by atoms with Crippen LogP contribution in [0.3, 0.4) is 0 Å². The van der Waals surface area contributed by atoms with Gasteiger partial charge in [0, 0.05) is 16.2 Å². The zero-order chi connectivity index (χ0) is 40.4. The zero-order valence-electron chi connectivity index (χ0n) is 35.1. The molecule has 0 radical (unpaired) electrons. The van der Waals surface area contributed by atoms with Crippen LogP contribution in [0.15, 0.2) is 186 Å². The second kappa shape index (κ2) is 10.9. The summed E-state index contributed by atoms with van der Waals surface area (Å²) in [5.41, 5.74) is 5.05. The molecule has 0 saturated carbocycles. The Balaban J connectivity index is 1.36. The molecule has 10 aromatic carbocycles. The predicted molar refractivity (Wildman–Crippen MR) is 218 cm³/mol. The van der Waals surface area contributed by atoms with E-state index in [1.54, 1.807) is 0 Å². The van der Waals surface area contributed by atoms with E-state index in [9.17, 15) is 5.48 Å². The highest BCUT2D eigenvalue weighted by Gasteiger charge is 2.22. The van der Waals surface area contributed by atoms with Gasteiger partial charge in [0.25, 0.3) is 0 Å². The average molecular weight is 655 g/mol. The quantitative estimate of drug-likeness (QED) is 0.136. The van der Waals surface area contributed by atoms with E-state index >= 15 is 0 Å². The lowest BCUT2D eigenvalue weighted by Crippen LogP contribution is -1.92. The Bertz CT molecular complexity index is 3570. The van der Waals surface area contributed by atoms with Crippen LogP contribution in [0.4, 0.5) is 0 Å². The number of benzene rings is 10. The Hall–Kier alpha value is -6.70. The Labute approximate surface area is 305 Å². The largest absolute Gasteiger partial charge is 0.455 e. The van der Waals surface area contributed by atoms with Crippen molar-refractivity contribution >= 4 is 75.8 Å². The molecule has 11 rings (SSSR count). The van der Waals surface area contributed by atoms with Gasteiger partial charge in [0.15, 0.2) is 0 Å². The number of fused-ring (bicyclic) bond motifs is 10. The van der Waals surface area contributed by atoms with Crippen molar-refractivity contribution in [1.82, 2.24) is 0 Å². The maximum Gasteiger partial charge on any atom is 0.143 e. The summed E-state index contributed by atoms with van der Waals surface area (Å²) in [6, 6.07) is 40.6. The van der Waals surface area contributed by atoms with Gasteiger partial charge >= 0.3 is 0 Å². The summed E-state index contributed by atoms with van der Waals surface area (Å²) in [4.78, 5) is 0. The highest BCUT2D eigenvalue weighted by Crippen LogP contribution is 2.49. The maximum atomic E-state index is 9.59. The molecule has 1 heterocycles. The van der Waals surface area contributed by atoms with Gasteiger partial charge < -0.3 is 4.42 Å². The van der Waals surface area contributed by atoms with Crippen molar-refractivity contribution in [3.63, 3.8) is 0 Å². The lowest BCUT2D eigenvalue weighted by Gasteiger charge is -2.19. The van der Waals surface area contributed by atoms with Crippen molar-refractivity contribution in [2.75, 3.05) is 0 Å². The first-order valence-electron chi connectivity index (χ1n) is 20.9. The van der Waals surface area contributed by atoms with Gasteiger partial charge in [-0.3, -0.25) is 0 Å². The van der Waals surface area contributed by atoms with E-state index in [1.807, 2.05) is 103 Å². The molecule has 1 aromatic heterocycles. The van der Waals surface area contributed by atoms with Crippen molar-refractivity contribution in [1.29, 1.82) is 0 Å². The molecule has 0 N–H and O–H groups in total. The third kappa shape index (κ3) is 4.09. The SMILES string of the molecule is [2H]c1c([2H])c([2H])c2c(-c3cccc4oc5c6ccccc6ccc5c34)c3c([2H])c([2H])c([2H])c([2H])c3c(-c3cccc4c3ccc3c(-c5ccccc5)cccc34)c2c1[2H]. The predicted octanol–water partition coefficient (Wildman–Crippen LogP) is 14.4. The molecular formula is C50H30O. The third-order valence-electron chi connectivity index (χ3n) is 10.3. The molecule has 0 spiro atoms. The summed E-state index contributed by atoms with van der Waals surface area (Å²) in [7, 11) is 0. The van der Waals surface area contributed by atoms with E-state index in [0.29, 0.717) is 33.2 Å². The zero-order valence-corrected chi connectivity index (χ0v) is 27.1. The fraction of sp³-hybridized carbons (Fsp3) is 0. The molecular weight excluding hydrogens is 617 g/mol. The highest BCUT2D eigenvalue weighted by molar-refractivity contribution is 6.28. The minimum Gasteiger partial charge on any atom is -0.455 e. The first-order chi connectivity index (χ1) is 28.7. The van der Waals surface area contributed by atoms with Crippen molar-refractivity contribution in [3.05, 3.63) is 182 Å². The molecule has 0 amide bonds. The summed E-state index contributed by atoms with van der Waals surface area (Å²) in [5, 5.41) is 7.69. The lowest BCUT2D eigenvalue weighted by atomic mass is 9.83. The Morgan fingerprint density at radius 3 is 1.59 bits per heavy atom. The van der Waals surface area contributed by atoms with Crippen LogP contribution >= 0.6 is 0 Å². The molecule has 0 aliphatic carbocycles. The summed E-state index contributed by atoms with van der Waals surface area (Å²) < 4.78 is 80.8. The minimum absolute atomic E-state index is 0.162. The van der Waals surface area contributed by atoms with Crippen LogP contribution in [0.5, 0.6) is 0 Å². The highest BCUT2D eigenvalue weighted by atomic mass is 16.3. The van der Waals surface area contributed by atoms with Gasteiger partial charge in [-0.25, -0.2) is 0 Å². The molecule has 11 aromatic rings. The molecule has 51 heavy (non-hydrogen) atoms. The van der Waals surface area contributed by atoms with Crippen molar-refractivity contribution < 1.29 is 15.4 Å². The van der Waals surface area contributed by atoms with Gasteiger partial charge in [-0.2, -0.15) is 0 Å². The number of hydrogen-bond donors (Lipinski definition) is 0.